The molecular weight excluding hydrogens is 264 g/mol. The predicted molar refractivity (Wildman–Crippen MR) is 80.3 cm³/mol. The van der Waals surface area contributed by atoms with Crippen molar-refractivity contribution in [2.45, 2.75) is 6.54 Å². The number of amides is 1. The lowest BCUT2D eigenvalue weighted by molar-refractivity contribution is -0.116. The van der Waals surface area contributed by atoms with Gasteiger partial charge in [-0.1, -0.05) is 12.1 Å². The Bertz CT molecular complexity index is 777. The molecule has 5 nitrogen and oxygen atoms in total. The van der Waals surface area contributed by atoms with E-state index in [-0.39, 0.29) is 5.91 Å². The summed E-state index contributed by atoms with van der Waals surface area (Å²) in [5.74, 6) is -0.161. The standard InChI is InChI=1S/C16H14N4O/c21-16(19-11-13-5-1-3-9-17-13)8-7-14-12-18-15-6-2-4-10-20(14)15/h1-10,12H,11H2,(H,19,21)/b8-7+. The first kappa shape index (κ1) is 13.1. The summed E-state index contributed by atoms with van der Waals surface area (Å²) in [6.07, 6.45) is 8.59. The van der Waals surface area contributed by atoms with E-state index in [1.807, 2.05) is 47.0 Å². The van der Waals surface area contributed by atoms with Crippen molar-refractivity contribution >= 4 is 17.6 Å². The molecular formula is C16H14N4O. The molecule has 21 heavy (non-hydrogen) atoms. The van der Waals surface area contributed by atoms with Crippen molar-refractivity contribution in [3.63, 3.8) is 0 Å². The molecule has 0 saturated heterocycles. The first-order valence-electron chi connectivity index (χ1n) is 6.61. The predicted octanol–water partition coefficient (Wildman–Crippen LogP) is 2.06. The smallest absolute Gasteiger partial charge is 0.244 e. The molecule has 0 unspecified atom stereocenters. The summed E-state index contributed by atoms with van der Waals surface area (Å²) in [7, 11) is 0. The van der Waals surface area contributed by atoms with Crippen LogP contribution in [-0.4, -0.2) is 20.3 Å². The number of carbonyl (C=O) groups excluding carboxylic acids is 1. The number of aromatic nitrogens is 3. The van der Waals surface area contributed by atoms with Gasteiger partial charge in [0.05, 0.1) is 24.1 Å². The fourth-order valence-corrected chi connectivity index (χ4v) is 1.98. The zero-order valence-corrected chi connectivity index (χ0v) is 11.3. The second-order valence-electron chi connectivity index (χ2n) is 4.48. The lowest BCUT2D eigenvalue weighted by Gasteiger charge is -2.01. The molecule has 5 heteroatoms. The molecule has 104 valence electrons. The highest BCUT2D eigenvalue weighted by Crippen LogP contribution is 2.07. The highest BCUT2D eigenvalue weighted by atomic mass is 16.1. The molecule has 0 aliphatic rings. The van der Waals surface area contributed by atoms with Gasteiger partial charge in [-0.15, -0.1) is 0 Å². The van der Waals surface area contributed by atoms with Crippen molar-refractivity contribution in [1.29, 1.82) is 0 Å². The van der Waals surface area contributed by atoms with Gasteiger partial charge in [0.2, 0.25) is 5.91 Å². The van der Waals surface area contributed by atoms with Gasteiger partial charge in [-0.05, 0) is 30.3 Å². The van der Waals surface area contributed by atoms with Crippen molar-refractivity contribution in [2.24, 2.45) is 0 Å². The molecule has 0 saturated carbocycles. The van der Waals surface area contributed by atoms with E-state index in [9.17, 15) is 4.79 Å². The minimum Gasteiger partial charge on any atom is -0.347 e. The first-order chi connectivity index (χ1) is 10.3. The Morgan fingerprint density at radius 3 is 2.95 bits per heavy atom. The van der Waals surface area contributed by atoms with Gasteiger partial charge in [-0.2, -0.15) is 0 Å². The quantitative estimate of drug-likeness (QED) is 0.743. The third-order valence-electron chi connectivity index (χ3n) is 3.02. The normalized spacial score (nSPS) is 11.0. The minimum absolute atomic E-state index is 0.161. The lowest BCUT2D eigenvalue weighted by atomic mass is 10.3. The molecule has 1 amide bonds. The number of rotatable bonds is 4. The van der Waals surface area contributed by atoms with Gasteiger partial charge in [-0.3, -0.25) is 9.78 Å². The molecule has 3 aromatic heterocycles. The minimum atomic E-state index is -0.161. The van der Waals surface area contributed by atoms with Crippen LogP contribution in [0.15, 0.2) is 61.1 Å². The molecule has 0 atom stereocenters. The van der Waals surface area contributed by atoms with Crippen molar-refractivity contribution in [3.05, 3.63) is 72.5 Å². The van der Waals surface area contributed by atoms with Gasteiger partial charge in [0.15, 0.2) is 0 Å². The number of nitrogens with zero attached hydrogens (tertiary/aromatic N) is 3. The average Bonchev–Trinajstić information content (AvgIpc) is 2.95. The summed E-state index contributed by atoms with van der Waals surface area (Å²) < 4.78 is 1.92. The van der Waals surface area contributed by atoms with E-state index >= 15 is 0 Å². The molecule has 1 N–H and O–H groups in total. The van der Waals surface area contributed by atoms with E-state index in [1.165, 1.54) is 6.08 Å². The summed E-state index contributed by atoms with van der Waals surface area (Å²) in [5.41, 5.74) is 2.54. The lowest BCUT2D eigenvalue weighted by Crippen LogP contribution is -2.20. The summed E-state index contributed by atoms with van der Waals surface area (Å²) in [6, 6.07) is 11.4. The summed E-state index contributed by atoms with van der Waals surface area (Å²) in [5, 5.41) is 2.79. The molecule has 0 aliphatic carbocycles. The number of imidazole rings is 1. The van der Waals surface area contributed by atoms with Gasteiger partial charge in [0.25, 0.3) is 0 Å². The van der Waals surface area contributed by atoms with Crippen molar-refractivity contribution in [1.82, 2.24) is 19.7 Å². The average molecular weight is 278 g/mol. The molecule has 0 bridgehead atoms. The monoisotopic (exact) mass is 278 g/mol. The first-order valence-corrected chi connectivity index (χ1v) is 6.61. The van der Waals surface area contributed by atoms with Crippen molar-refractivity contribution < 1.29 is 4.79 Å². The van der Waals surface area contributed by atoms with Crippen LogP contribution in [0.2, 0.25) is 0 Å². The number of nitrogens with one attached hydrogen (secondary N) is 1. The fraction of sp³-hybridized carbons (Fsp3) is 0.0625. The van der Waals surface area contributed by atoms with Crippen LogP contribution in [0.3, 0.4) is 0 Å². The number of fused-ring (bicyclic) bond motifs is 1. The highest BCUT2D eigenvalue weighted by Gasteiger charge is 2.00. The number of pyridine rings is 2. The Morgan fingerprint density at radius 1 is 1.19 bits per heavy atom. The van der Waals surface area contributed by atoms with Crippen LogP contribution in [0.1, 0.15) is 11.4 Å². The van der Waals surface area contributed by atoms with E-state index in [4.69, 9.17) is 0 Å². The SMILES string of the molecule is O=C(/C=C/c1cnc2ccccn12)NCc1ccccn1. The Kier molecular flexibility index (Phi) is 3.73. The van der Waals surface area contributed by atoms with E-state index in [0.717, 1.165) is 17.0 Å². The number of hydrogen-bond acceptors (Lipinski definition) is 3. The third kappa shape index (κ3) is 3.14. The molecule has 3 aromatic rings. The molecule has 0 radical (unpaired) electrons. The second kappa shape index (κ2) is 6.00. The largest absolute Gasteiger partial charge is 0.347 e. The maximum atomic E-state index is 11.8. The maximum absolute atomic E-state index is 11.8. The topological polar surface area (TPSA) is 59.3 Å². The fourth-order valence-electron chi connectivity index (χ4n) is 1.98. The van der Waals surface area contributed by atoms with Gasteiger partial charge in [0, 0.05) is 18.5 Å². The maximum Gasteiger partial charge on any atom is 0.244 e. The molecule has 0 fully saturated rings. The third-order valence-corrected chi connectivity index (χ3v) is 3.02. The van der Waals surface area contributed by atoms with Crippen molar-refractivity contribution in [2.75, 3.05) is 0 Å². The Morgan fingerprint density at radius 2 is 2.10 bits per heavy atom. The van der Waals surface area contributed by atoms with Gasteiger partial charge in [0.1, 0.15) is 5.65 Å². The van der Waals surface area contributed by atoms with Crippen LogP contribution in [0.5, 0.6) is 0 Å². The molecule has 0 spiro atoms. The Balaban J connectivity index is 1.64. The van der Waals surface area contributed by atoms with Crippen LogP contribution >= 0.6 is 0 Å². The molecule has 3 rings (SSSR count). The zero-order valence-electron chi connectivity index (χ0n) is 11.3. The van der Waals surface area contributed by atoms with E-state index in [1.54, 1.807) is 18.5 Å². The zero-order chi connectivity index (χ0) is 14.5. The highest BCUT2D eigenvalue weighted by molar-refractivity contribution is 5.91. The second-order valence-corrected chi connectivity index (χ2v) is 4.48. The van der Waals surface area contributed by atoms with Crippen molar-refractivity contribution in [3.8, 4) is 0 Å². The van der Waals surface area contributed by atoms with Gasteiger partial charge in [-0.25, -0.2) is 4.98 Å². The molecule has 0 aliphatic heterocycles. The Hall–Kier alpha value is -2.95. The summed E-state index contributed by atoms with van der Waals surface area (Å²) in [4.78, 5) is 20.2. The number of carbonyl (C=O) groups is 1. The van der Waals surface area contributed by atoms with E-state index in [2.05, 4.69) is 15.3 Å². The van der Waals surface area contributed by atoms with Crippen LogP contribution in [0.25, 0.3) is 11.7 Å². The van der Waals surface area contributed by atoms with E-state index in [0.29, 0.717) is 6.54 Å². The van der Waals surface area contributed by atoms with Gasteiger partial charge < -0.3 is 9.72 Å². The molecule has 0 aromatic carbocycles. The van der Waals surface area contributed by atoms with Crippen LogP contribution in [0, 0.1) is 0 Å². The number of hydrogen-bond donors (Lipinski definition) is 1. The van der Waals surface area contributed by atoms with Gasteiger partial charge >= 0.3 is 0 Å². The molecule has 3 heterocycles. The van der Waals surface area contributed by atoms with Crippen LogP contribution in [-0.2, 0) is 11.3 Å². The Labute approximate surface area is 122 Å². The summed E-state index contributed by atoms with van der Waals surface area (Å²) in [6.45, 7) is 0.414. The van der Waals surface area contributed by atoms with Crippen LogP contribution in [0.4, 0.5) is 0 Å². The van der Waals surface area contributed by atoms with Crippen LogP contribution < -0.4 is 5.32 Å². The summed E-state index contributed by atoms with van der Waals surface area (Å²) >= 11 is 0. The van der Waals surface area contributed by atoms with E-state index < -0.39 is 0 Å².